The van der Waals surface area contributed by atoms with Gasteiger partial charge in [0.2, 0.25) is 5.91 Å². The molecule has 2 bridgehead atoms. The number of carbonyl (C=O) groups is 2. The van der Waals surface area contributed by atoms with Crippen LogP contribution in [0.15, 0.2) is 36.4 Å². The summed E-state index contributed by atoms with van der Waals surface area (Å²) in [6, 6.07) is 5.47. The highest BCUT2D eigenvalue weighted by Crippen LogP contribution is 2.39. The molecule has 22 heavy (non-hydrogen) atoms. The highest BCUT2D eigenvalue weighted by atomic mass is 16.6. The first kappa shape index (κ1) is 14.2. The summed E-state index contributed by atoms with van der Waals surface area (Å²) < 4.78 is 5.42. The molecule has 114 valence electrons. The molecule has 8 heteroatoms. The van der Waals surface area contributed by atoms with E-state index in [9.17, 15) is 24.8 Å². The van der Waals surface area contributed by atoms with Crippen LogP contribution in [0.4, 0.5) is 11.4 Å². The van der Waals surface area contributed by atoms with E-state index >= 15 is 0 Å². The fraction of sp³-hybridized carbons (Fsp3) is 0.286. The second-order valence-corrected chi connectivity index (χ2v) is 5.14. The van der Waals surface area contributed by atoms with Crippen molar-refractivity contribution in [1.82, 2.24) is 0 Å². The van der Waals surface area contributed by atoms with Crippen LogP contribution in [0.1, 0.15) is 0 Å². The van der Waals surface area contributed by atoms with Crippen LogP contribution < -0.4 is 5.32 Å². The summed E-state index contributed by atoms with van der Waals surface area (Å²) in [4.78, 5) is 33.8. The van der Waals surface area contributed by atoms with Crippen LogP contribution in [0.5, 0.6) is 0 Å². The number of benzene rings is 1. The van der Waals surface area contributed by atoms with Gasteiger partial charge in [0.1, 0.15) is 5.92 Å². The molecule has 0 spiro atoms. The molecule has 2 aliphatic rings. The molecule has 2 N–H and O–H groups in total. The Labute approximate surface area is 124 Å². The van der Waals surface area contributed by atoms with Gasteiger partial charge in [-0.2, -0.15) is 0 Å². The van der Waals surface area contributed by atoms with E-state index in [4.69, 9.17) is 4.74 Å². The molecule has 8 nitrogen and oxygen atoms in total. The summed E-state index contributed by atoms with van der Waals surface area (Å²) in [5, 5.41) is 22.5. The van der Waals surface area contributed by atoms with Crippen molar-refractivity contribution in [2.24, 2.45) is 11.8 Å². The molecule has 0 aliphatic carbocycles. The third-order valence-corrected chi connectivity index (χ3v) is 3.81. The third kappa shape index (κ3) is 2.33. The number of nitro groups is 1. The van der Waals surface area contributed by atoms with E-state index in [1.807, 2.05) is 0 Å². The number of hydrogen-bond donors (Lipinski definition) is 2. The molecule has 2 aliphatic heterocycles. The Hall–Kier alpha value is -2.74. The Kier molecular flexibility index (Phi) is 3.38. The van der Waals surface area contributed by atoms with Crippen molar-refractivity contribution in [3.05, 3.63) is 46.5 Å². The van der Waals surface area contributed by atoms with Crippen molar-refractivity contribution in [3.63, 3.8) is 0 Å². The zero-order chi connectivity index (χ0) is 15.9. The van der Waals surface area contributed by atoms with Crippen LogP contribution in [0.3, 0.4) is 0 Å². The Morgan fingerprint density at radius 2 is 1.91 bits per heavy atom. The van der Waals surface area contributed by atoms with E-state index in [0.29, 0.717) is 0 Å². The Balaban J connectivity index is 1.80. The molecule has 1 aromatic rings. The second-order valence-electron chi connectivity index (χ2n) is 5.14. The van der Waals surface area contributed by atoms with Gasteiger partial charge in [-0.3, -0.25) is 19.7 Å². The fourth-order valence-electron chi connectivity index (χ4n) is 2.84. The van der Waals surface area contributed by atoms with Crippen LogP contribution in [0, 0.1) is 22.0 Å². The number of nitro benzene ring substituents is 1. The van der Waals surface area contributed by atoms with Gasteiger partial charge in [0.25, 0.3) is 5.69 Å². The number of fused-ring (bicyclic) bond motifs is 2. The number of aliphatic carboxylic acids is 1. The van der Waals surface area contributed by atoms with Crippen molar-refractivity contribution in [1.29, 1.82) is 0 Å². The summed E-state index contributed by atoms with van der Waals surface area (Å²) in [6.45, 7) is 0. The smallest absolute Gasteiger partial charge is 0.310 e. The molecule has 0 saturated carbocycles. The quantitative estimate of drug-likeness (QED) is 0.490. The number of carboxylic acids is 1. The van der Waals surface area contributed by atoms with Crippen molar-refractivity contribution in [2.75, 3.05) is 5.32 Å². The lowest BCUT2D eigenvalue weighted by Gasteiger charge is -2.20. The molecular formula is C14H12N2O6. The number of nitrogens with zero attached hydrogens (tertiary/aromatic N) is 1. The van der Waals surface area contributed by atoms with E-state index in [0.717, 1.165) is 0 Å². The van der Waals surface area contributed by atoms with E-state index in [2.05, 4.69) is 5.32 Å². The average Bonchev–Trinajstić information content (AvgIpc) is 3.07. The van der Waals surface area contributed by atoms with Crippen molar-refractivity contribution in [2.45, 2.75) is 12.2 Å². The molecule has 4 unspecified atom stereocenters. The lowest BCUT2D eigenvalue weighted by molar-refractivity contribution is -0.384. The summed E-state index contributed by atoms with van der Waals surface area (Å²) >= 11 is 0. The van der Waals surface area contributed by atoms with Gasteiger partial charge in [-0.1, -0.05) is 18.2 Å². The number of anilines is 1. The monoisotopic (exact) mass is 304 g/mol. The van der Waals surface area contributed by atoms with Crippen LogP contribution in [-0.4, -0.2) is 34.1 Å². The standard InChI is InChI=1S/C14H12N2O6/c17-13(15-7-2-1-3-8(6-7)16(20)21)11-9-4-5-10(22-9)12(11)14(18)19/h1-6,9-12H,(H,15,17)(H,18,19). The van der Waals surface area contributed by atoms with Gasteiger partial charge in [0, 0.05) is 17.8 Å². The van der Waals surface area contributed by atoms with Gasteiger partial charge in [0.15, 0.2) is 0 Å². The first-order valence-corrected chi connectivity index (χ1v) is 6.59. The molecule has 0 aromatic heterocycles. The molecule has 4 atom stereocenters. The lowest BCUT2D eigenvalue weighted by atomic mass is 9.82. The molecule has 0 radical (unpaired) electrons. The average molecular weight is 304 g/mol. The number of nitrogens with one attached hydrogen (secondary N) is 1. The topological polar surface area (TPSA) is 119 Å². The highest BCUT2D eigenvalue weighted by Gasteiger charge is 2.53. The number of ether oxygens (including phenoxy) is 1. The number of amides is 1. The van der Waals surface area contributed by atoms with Gasteiger partial charge in [-0.05, 0) is 6.07 Å². The summed E-state index contributed by atoms with van der Waals surface area (Å²) in [7, 11) is 0. The first-order valence-electron chi connectivity index (χ1n) is 6.59. The van der Waals surface area contributed by atoms with Crippen LogP contribution in [-0.2, 0) is 14.3 Å². The highest BCUT2D eigenvalue weighted by molar-refractivity contribution is 5.96. The van der Waals surface area contributed by atoms with Crippen LogP contribution in [0.25, 0.3) is 0 Å². The number of hydrogen-bond acceptors (Lipinski definition) is 5. The predicted molar refractivity (Wildman–Crippen MR) is 74.1 cm³/mol. The van der Waals surface area contributed by atoms with Crippen molar-refractivity contribution in [3.8, 4) is 0 Å². The Bertz CT molecular complexity index is 686. The lowest BCUT2D eigenvalue weighted by Crippen LogP contribution is -2.39. The Morgan fingerprint density at radius 1 is 1.23 bits per heavy atom. The van der Waals surface area contributed by atoms with E-state index < -0.39 is 40.8 Å². The van der Waals surface area contributed by atoms with Gasteiger partial charge < -0.3 is 15.2 Å². The summed E-state index contributed by atoms with van der Waals surface area (Å²) in [5.74, 6) is -3.43. The summed E-state index contributed by atoms with van der Waals surface area (Å²) in [5.41, 5.74) is 0.0896. The van der Waals surface area contributed by atoms with E-state index in [-0.39, 0.29) is 11.4 Å². The zero-order valence-electron chi connectivity index (χ0n) is 11.2. The van der Waals surface area contributed by atoms with Gasteiger partial charge in [0.05, 0.1) is 23.0 Å². The van der Waals surface area contributed by atoms with E-state index in [1.165, 1.54) is 24.3 Å². The number of rotatable bonds is 4. The number of non-ortho nitro benzene ring substituents is 1. The molecule has 1 amide bonds. The molecule has 1 aromatic carbocycles. The molecule has 1 saturated heterocycles. The van der Waals surface area contributed by atoms with Crippen molar-refractivity contribution >= 4 is 23.3 Å². The van der Waals surface area contributed by atoms with Gasteiger partial charge in [-0.25, -0.2) is 0 Å². The van der Waals surface area contributed by atoms with Crippen LogP contribution in [0.2, 0.25) is 0 Å². The minimum absolute atomic E-state index is 0.156. The normalized spacial score (nSPS) is 28.5. The second kappa shape index (κ2) is 5.23. The number of carbonyl (C=O) groups excluding carboxylic acids is 1. The predicted octanol–water partition coefficient (Wildman–Crippen LogP) is 1.19. The SMILES string of the molecule is O=C(O)C1C2C=CC(O2)C1C(=O)Nc1cccc([N+](=O)[O-])c1. The third-order valence-electron chi connectivity index (χ3n) is 3.81. The largest absolute Gasteiger partial charge is 0.481 e. The minimum Gasteiger partial charge on any atom is -0.481 e. The maximum Gasteiger partial charge on any atom is 0.310 e. The molecule has 1 fully saturated rings. The Morgan fingerprint density at radius 3 is 2.55 bits per heavy atom. The van der Waals surface area contributed by atoms with Gasteiger partial charge in [-0.15, -0.1) is 0 Å². The fourth-order valence-corrected chi connectivity index (χ4v) is 2.84. The summed E-state index contributed by atoms with van der Waals surface area (Å²) in [6.07, 6.45) is 2.12. The van der Waals surface area contributed by atoms with Crippen molar-refractivity contribution < 1.29 is 24.4 Å². The van der Waals surface area contributed by atoms with E-state index in [1.54, 1.807) is 12.2 Å². The number of carboxylic acid groups (broad SMARTS) is 1. The van der Waals surface area contributed by atoms with Crippen LogP contribution >= 0.6 is 0 Å². The molecule has 3 rings (SSSR count). The minimum atomic E-state index is -1.10. The first-order chi connectivity index (χ1) is 10.5. The molecule has 2 heterocycles. The maximum absolute atomic E-state index is 12.3. The molecular weight excluding hydrogens is 292 g/mol. The van der Waals surface area contributed by atoms with Gasteiger partial charge >= 0.3 is 5.97 Å². The maximum atomic E-state index is 12.3. The zero-order valence-corrected chi connectivity index (χ0v) is 11.2.